The monoisotopic (exact) mass is 889 g/mol. The van der Waals surface area contributed by atoms with Crippen LogP contribution in [0.5, 0.6) is 0 Å². The Morgan fingerprint density at radius 3 is 1.47 bits per heavy atom. The number of hydrogen-bond acceptors (Lipinski definition) is 6. The van der Waals surface area contributed by atoms with Crippen molar-refractivity contribution in [3.63, 3.8) is 0 Å². The Morgan fingerprint density at radius 1 is 0.618 bits per heavy atom. The molecule has 3 heterocycles. The number of nitrogens with zero attached hydrogens (tertiary/aromatic N) is 3. The molecule has 4 fully saturated rings. The highest BCUT2D eigenvalue weighted by Gasteiger charge is 2.47. The van der Waals surface area contributed by atoms with Gasteiger partial charge in [-0.05, 0) is 179 Å². The average molecular weight is 892 g/mol. The highest BCUT2D eigenvalue weighted by Crippen LogP contribution is 2.46. The van der Waals surface area contributed by atoms with Crippen molar-refractivity contribution in [2.75, 3.05) is 32.7 Å². The molecule has 0 atom stereocenters. The van der Waals surface area contributed by atoms with E-state index in [1.807, 2.05) is 78.5 Å². The number of carboxylic acids is 1. The molecule has 3 saturated heterocycles. The Balaban J connectivity index is 0.000000204. The molecule has 1 aliphatic carbocycles. The van der Waals surface area contributed by atoms with Gasteiger partial charge in [0.05, 0.1) is 11.1 Å². The van der Waals surface area contributed by atoms with Crippen LogP contribution in [0, 0.1) is 19.3 Å². The van der Waals surface area contributed by atoms with E-state index in [2.05, 4.69) is 36.8 Å². The zero-order chi connectivity index (χ0) is 40.8. The summed E-state index contributed by atoms with van der Waals surface area (Å²) >= 11 is 6.71. The molecule has 304 valence electrons. The first-order valence-corrected chi connectivity index (χ1v) is 21.2. The largest absolute Gasteiger partial charge is 0.478 e. The van der Waals surface area contributed by atoms with Crippen LogP contribution < -0.4 is 0 Å². The quantitative estimate of drug-likeness (QED) is 0.319. The number of carbonyl (C=O) groups is 4. The molecular weight excluding hydrogens is 830 g/mol. The topological polar surface area (TPSA) is 117 Å². The molecule has 3 aliphatic heterocycles. The smallest absolute Gasteiger partial charge is 0.410 e. The molecule has 2 spiro atoms. The molecule has 10 nitrogen and oxygen atoms in total. The van der Waals surface area contributed by atoms with Gasteiger partial charge in [-0.15, -0.1) is 0 Å². The lowest BCUT2D eigenvalue weighted by Crippen LogP contribution is -2.55. The van der Waals surface area contributed by atoms with Gasteiger partial charge in [-0.1, -0.05) is 25.0 Å². The Morgan fingerprint density at radius 2 is 1.05 bits per heavy atom. The minimum Gasteiger partial charge on any atom is -0.478 e. The third-order valence-electron chi connectivity index (χ3n) is 11.0. The molecule has 2 aromatic carbocycles. The fourth-order valence-electron chi connectivity index (χ4n) is 8.05. The SMILES string of the molecule is CC(C)(C)OC(=O)N1CCC2(CCCC2)CC1.Cc1ccc(C(=O)N2CCCC23CCN(C(=O)OC(C)(C)C)CC3)c(Br)c1.Cc1ccc(C(=O)O)c(Br)c1. The van der Waals surface area contributed by atoms with Crippen molar-refractivity contribution in [2.45, 2.75) is 136 Å². The number of benzene rings is 2. The summed E-state index contributed by atoms with van der Waals surface area (Å²) < 4.78 is 12.4. The van der Waals surface area contributed by atoms with E-state index in [0.29, 0.717) is 28.5 Å². The Kier molecular flexibility index (Phi) is 14.9. The van der Waals surface area contributed by atoms with Crippen LogP contribution in [0.3, 0.4) is 0 Å². The van der Waals surface area contributed by atoms with Gasteiger partial charge in [0, 0.05) is 47.2 Å². The first-order valence-electron chi connectivity index (χ1n) is 19.7. The lowest BCUT2D eigenvalue weighted by molar-refractivity contribution is 0.00435. The third-order valence-corrected chi connectivity index (χ3v) is 12.3. The first-order chi connectivity index (χ1) is 25.6. The van der Waals surface area contributed by atoms with Crippen molar-refractivity contribution in [1.82, 2.24) is 14.7 Å². The molecule has 0 aromatic heterocycles. The van der Waals surface area contributed by atoms with Crippen molar-refractivity contribution < 1.29 is 33.8 Å². The molecule has 0 radical (unpaired) electrons. The number of hydrogen-bond donors (Lipinski definition) is 1. The minimum atomic E-state index is -0.906. The first kappa shape index (κ1) is 44.6. The highest BCUT2D eigenvalue weighted by atomic mass is 79.9. The summed E-state index contributed by atoms with van der Waals surface area (Å²) in [5, 5.41) is 8.63. The van der Waals surface area contributed by atoms with E-state index in [0.717, 1.165) is 66.5 Å². The van der Waals surface area contributed by atoms with Crippen molar-refractivity contribution in [3.05, 3.63) is 67.6 Å². The number of rotatable bonds is 2. The summed E-state index contributed by atoms with van der Waals surface area (Å²) in [4.78, 5) is 53.7. The summed E-state index contributed by atoms with van der Waals surface area (Å²) in [5.74, 6) is -0.818. The van der Waals surface area contributed by atoms with Crippen LogP contribution in [0.2, 0.25) is 0 Å². The molecule has 3 amide bonds. The molecule has 12 heteroatoms. The van der Waals surface area contributed by atoms with Crippen LogP contribution in [0.25, 0.3) is 0 Å². The summed E-state index contributed by atoms with van der Waals surface area (Å²) in [6.45, 7) is 19.2. The van der Waals surface area contributed by atoms with E-state index in [9.17, 15) is 19.2 Å². The van der Waals surface area contributed by atoms with Gasteiger partial charge in [0.1, 0.15) is 11.2 Å². The number of carbonyl (C=O) groups excluding carboxylic acids is 3. The van der Waals surface area contributed by atoms with Gasteiger partial charge in [0.15, 0.2) is 0 Å². The van der Waals surface area contributed by atoms with Crippen molar-refractivity contribution in [1.29, 1.82) is 0 Å². The number of ether oxygens (including phenoxy) is 2. The van der Waals surface area contributed by atoms with Crippen LogP contribution >= 0.6 is 31.9 Å². The van der Waals surface area contributed by atoms with E-state index in [-0.39, 0.29) is 29.2 Å². The number of halogens is 2. The molecular formula is C43H61Br2N3O7. The molecule has 0 unspecified atom stereocenters. The standard InChI is InChI=1S/C21H29BrN2O3.C14H25NO2.C8H7BrO2/c1-15-6-7-16(17(22)14-15)18(25)24-11-5-8-21(24)9-12-23(13-10-21)19(26)27-20(2,3)4;1-13(2,3)17-12(16)15-10-8-14(9-11-15)6-4-5-7-14;1-5-2-3-6(8(10)11)7(9)4-5/h6-7,14H,5,8-13H2,1-4H3;4-11H2,1-3H3;2-4H,1H3,(H,10,11). The number of aryl methyl sites for hydroxylation is 2. The minimum absolute atomic E-state index is 0.0880. The second-order valence-electron chi connectivity index (χ2n) is 17.7. The van der Waals surface area contributed by atoms with E-state index >= 15 is 0 Å². The molecule has 4 aliphatic rings. The van der Waals surface area contributed by atoms with E-state index in [1.54, 1.807) is 23.1 Å². The predicted molar refractivity (Wildman–Crippen MR) is 223 cm³/mol. The summed E-state index contributed by atoms with van der Waals surface area (Å²) in [6.07, 6.45) is 11.1. The second-order valence-corrected chi connectivity index (χ2v) is 19.4. The van der Waals surface area contributed by atoms with Gasteiger partial charge in [-0.25, -0.2) is 14.4 Å². The van der Waals surface area contributed by atoms with Gasteiger partial charge in [-0.2, -0.15) is 0 Å². The van der Waals surface area contributed by atoms with E-state index in [1.165, 1.54) is 38.5 Å². The predicted octanol–water partition coefficient (Wildman–Crippen LogP) is 10.8. The summed E-state index contributed by atoms with van der Waals surface area (Å²) in [5.41, 5.74) is 2.76. The van der Waals surface area contributed by atoms with Gasteiger partial charge in [0.2, 0.25) is 0 Å². The van der Waals surface area contributed by atoms with Crippen molar-refractivity contribution in [3.8, 4) is 0 Å². The fourth-order valence-corrected chi connectivity index (χ4v) is 9.38. The van der Waals surface area contributed by atoms with Gasteiger partial charge >= 0.3 is 18.2 Å². The van der Waals surface area contributed by atoms with Crippen LogP contribution in [0.4, 0.5) is 9.59 Å². The molecule has 0 bridgehead atoms. The number of piperidine rings is 2. The number of aromatic carboxylic acids is 1. The molecule has 6 rings (SSSR count). The molecule has 1 saturated carbocycles. The average Bonchev–Trinajstić information content (AvgIpc) is 3.71. The fraction of sp³-hybridized carbons (Fsp3) is 0.628. The number of amides is 3. The normalized spacial score (nSPS) is 18.9. The Bertz CT molecular complexity index is 1680. The summed E-state index contributed by atoms with van der Waals surface area (Å²) in [6, 6.07) is 11.0. The molecule has 55 heavy (non-hydrogen) atoms. The lowest BCUT2D eigenvalue weighted by Gasteiger charge is -2.45. The molecule has 1 N–H and O–H groups in total. The van der Waals surface area contributed by atoms with Crippen molar-refractivity contribution in [2.24, 2.45) is 5.41 Å². The van der Waals surface area contributed by atoms with Crippen molar-refractivity contribution >= 4 is 55.9 Å². The van der Waals surface area contributed by atoms with Crippen LogP contribution in [0.1, 0.15) is 138 Å². The number of carboxylic acid groups (broad SMARTS) is 1. The van der Waals surface area contributed by atoms with Crippen LogP contribution in [0.15, 0.2) is 45.3 Å². The Hall–Kier alpha value is -3.12. The zero-order valence-corrected chi connectivity index (χ0v) is 37.2. The van der Waals surface area contributed by atoms with E-state index in [4.69, 9.17) is 14.6 Å². The summed E-state index contributed by atoms with van der Waals surface area (Å²) in [7, 11) is 0. The number of likely N-dealkylation sites (tertiary alicyclic amines) is 3. The third kappa shape index (κ3) is 12.4. The maximum absolute atomic E-state index is 13.2. The maximum atomic E-state index is 13.2. The van der Waals surface area contributed by atoms with Gasteiger partial charge in [-0.3, -0.25) is 4.79 Å². The van der Waals surface area contributed by atoms with Crippen LogP contribution in [-0.4, -0.2) is 93.3 Å². The Labute approximate surface area is 344 Å². The van der Waals surface area contributed by atoms with Crippen LogP contribution in [-0.2, 0) is 9.47 Å². The lowest BCUT2D eigenvalue weighted by atomic mass is 9.77. The van der Waals surface area contributed by atoms with E-state index < -0.39 is 11.6 Å². The molecule has 2 aromatic rings. The zero-order valence-electron chi connectivity index (χ0n) is 34.1. The van der Waals surface area contributed by atoms with Gasteiger partial charge in [0.25, 0.3) is 5.91 Å². The maximum Gasteiger partial charge on any atom is 0.410 e. The second kappa shape index (κ2) is 18.4. The highest BCUT2D eigenvalue weighted by molar-refractivity contribution is 9.10. The van der Waals surface area contributed by atoms with Gasteiger partial charge < -0.3 is 29.3 Å².